The highest BCUT2D eigenvalue weighted by Gasteiger charge is 2.31. The normalized spacial score (nSPS) is 19.7. The molecule has 0 N–H and O–H groups in total. The van der Waals surface area contributed by atoms with Gasteiger partial charge in [-0.25, -0.2) is 4.98 Å². The number of carbonyl (C=O) groups is 1. The summed E-state index contributed by atoms with van der Waals surface area (Å²) in [5, 5.41) is 0. The van der Waals surface area contributed by atoms with E-state index in [-0.39, 0.29) is 5.92 Å². The Bertz CT molecular complexity index is 1160. The van der Waals surface area contributed by atoms with Gasteiger partial charge in [0.05, 0.1) is 23.5 Å². The summed E-state index contributed by atoms with van der Waals surface area (Å²) in [6.07, 6.45) is 2.07. The zero-order chi connectivity index (χ0) is 23.7. The van der Waals surface area contributed by atoms with E-state index in [9.17, 15) is 4.79 Å². The smallest absolute Gasteiger partial charge is 0.227 e. The molecule has 3 heterocycles. The number of hydrogen-bond acceptors (Lipinski definition) is 4. The van der Waals surface area contributed by atoms with Crippen molar-refractivity contribution in [1.29, 1.82) is 0 Å². The van der Waals surface area contributed by atoms with Gasteiger partial charge in [0.2, 0.25) is 5.91 Å². The van der Waals surface area contributed by atoms with E-state index in [4.69, 9.17) is 4.98 Å². The summed E-state index contributed by atoms with van der Waals surface area (Å²) >= 11 is 0. The molecule has 0 radical (unpaired) electrons. The quantitative estimate of drug-likeness (QED) is 0.573. The molecule has 0 aliphatic carbocycles. The number of likely N-dealkylation sites (tertiary alicyclic amines) is 1. The summed E-state index contributed by atoms with van der Waals surface area (Å²) < 4.78 is 2.31. The van der Waals surface area contributed by atoms with Crippen LogP contribution in [-0.4, -0.2) is 64.5 Å². The lowest BCUT2D eigenvalue weighted by Gasteiger charge is -2.39. The maximum absolute atomic E-state index is 13.4. The van der Waals surface area contributed by atoms with Crippen LogP contribution in [0.25, 0.3) is 11.0 Å². The molecule has 1 atom stereocenters. The fraction of sp³-hybridized carbons (Fsp3) is 0.500. The van der Waals surface area contributed by atoms with Crippen molar-refractivity contribution >= 4 is 22.6 Å². The van der Waals surface area contributed by atoms with E-state index in [1.165, 1.54) is 22.3 Å². The third-order valence-electron chi connectivity index (χ3n) is 7.72. The number of para-hydroxylation sites is 2. The lowest BCUT2D eigenvalue weighted by Crippen LogP contribution is -2.52. The summed E-state index contributed by atoms with van der Waals surface area (Å²) in [7, 11) is 0. The number of nitrogens with zero attached hydrogens (tertiary/aromatic N) is 5. The molecular weight excluding hydrogens is 422 g/mol. The van der Waals surface area contributed by atoms with Gasteiger partial charge in [0.25, 0.3) is 0 Å². The number of aryl methyl sites for hydroxylation is 3. The Labute approximate surface area is 203 Å². The molecule has 0 bridgehead atoms. The summed E-state index contributed by atoms with van der Waals surface area (Å²) in [5.41, 5.74) is 6.19. The minimum atomic E-state index is 0.0985. The molecule has 2 aromatic carbocycles. The second-order valence-corrected chi connectivity index (χ2v) is 9.92. The highest BCUT2D eigenvalue weighted by Crippen LogP contribution is 2.25. The Balaban J connectivity index is 1.20. The van der Waals surface area contributed by atoms with Crippen LogP contribution in [0.3, 0.4) is 0 Å². The Hall–Kier alpha value is -2.86. The molecule has 6 nitrogen and oxygen atoms in total. The summed E-state index contributed by atoms with van der Waals surface area (Å²) in [4.78, 5) is 25.3. The van der Waals surface area contributed by atoms with Gasteiger partial charge < -0.3 is 14.4 Å². The second-order valence-electron chi connectivity index (χ2n) is 9.92. The first-order chi connectivity index (χ1) is 16.5. The fourth-order valence-electron chi connectivity index (χ4n) is 5.57. The van der Waals surface area contributed by atoms with Crippen molar-refractivity contribution < 1.29 is 4.79 Å². The minimum absolute atomic E-state index is 0.0985. The van der Waals surface area contributed by atoms with Crippen LogP contribution in [0, 0.1) is 19.8 Å². The topological polar surface area (TPSA) is 44.6 Å². The number of aromatic nitrogens is 2. The van der Waals surface area contributed by atoms with Gasteiger partial charge in [-0.05, 0) is 75.5 Å². The van der Waals surface area contributed by atoms with Gasteiger partial charge in [-0.3, -0.25) is 9.69 Å². The Morgan fingerprint density at radius 2 is 1.79 bits per heavy atom. The maximum atomic E-state index is 13.4. The zero-order valence-electron chi connectivity index (χ0n) is 20.8. The molecule has 6 heteroatoms. The number of imidazole rings is 1. The van der Waals surface area contributed by atoms with Crippen LogP contribution in [0.4, 0.5) is 5.69 Å². The lowest BCUT2D eigenvalue weighted by atomic mass is 9.96. The van der Waals surface area contributed by atoms with Gasteiger partial charge >= 0.3 is 0 Å². The van der Waals surface area contributed by atoms with Crippen molar-refractivity contribution in [3.63, 3.8) is 0 Å². The number of rotatable bonds is 5. The summed E-state index contributed by atoms with van der Waals surface area (Å²) in [6.45, 7) is 13.5. The SMILES string of the molecule is CCn1c(CN2CCC[C@H](C(=O)N3CCN(c4ccc(C)c(C)c4)CC3)C2)nc2ccccc21. The lowest BCUT2D eigenvalue weighted by molar-refractivity contribution is -0.137. The van der Waals surface area contributed by atoms with Crippen LogP contribution >= 0.6 is 0 Å². The maximum Gasteiger partial charge on any atom is 0.227 e. The van der Waals surface area contributed by atoms with Gasteiger partial charge in [0, 0.05) is 45.0 Å². The van der Waals surface area contributed by atoms with Gasteiger partial charge in [-0.15, -0.1) is 0 Å². The molecule has 1 amide bonds. The van der Waals surface area contributed by atoms with Crippen molar-refractivity contribution in [1.82, 2.24) is 19.4 Å². The monoisotopic (exact) mass is 459 g/mol. The first-order valence-corrected chi connectivity index (χ1v) is 12.8. The third-order valence-corrected chi connectivity index (χ3v) is 7.72. The average molecular weight is 460 g/mol. The second kappa shape index (κ2) is 9.79. The van der Waals surface area contributed by atoms with E-state index >= 15 is 0 Å². The molecule has 3 aromatic rings. The van der Waals surface area contributed by atoms with E-state index in [2.05, 4.69) is 82.5 Å². The highest BCUT2D eigenvalue weighted by molar-refractivity contribution is 5.79. The molecule has 2 aliphatic heterocycles. The zero-order valence-corrected chi connectivity index (χ0v) is 20.8. The van der Waals surface area contributed by atoms with Crippen LogP contribution in [0.2, 0.25) is 0 Å². The van der Waals surface area contributed by atoms with E-state index in [1.54, 1.807) is 0 Å². The largest absolute Gasteiger partial charge is 0.368 e. The number of amides is 1. The number of fused-ring (bicyclic) bond motifs is 1. The number of hydrogen-bond donors (Lipinski definition) is 0. The molecule has 2 aliphatic rings. The molecule has 5 rings (SSSR count). The average Bonchev–Trinajstić information content (AvgIpc) is 3.22. The van der Waals surface area contributed by atoms with Crippen LogP contribution < -0.4 is 4.90 Å². The fourth-order valence-corrected chi connectivity index (χ4v) is 5.57. The van der Waals surface area contributed by atoms with E-state index in [0.29, 0.717) is 5.91 Å². The standard InChI is InChI=1S/C28H37N5O/c1-4-33-26-10-6-5-9-25(26)29-27(33)20-30-13-7-8-23(19-30)28(34)32-16-14-31(15-17-32)24-12-11-21(2)22(3)18-24/h5-6,9-12,18,23H,4,7-8,13-17,19-20H2,1-3H3/t23-/m0/s1. The summed E-state index contributed by atoms with van der Waals surface area (Å²) in [5.74, 6) is 1.55. The Morgan fingerprint density at radius 1 is 1.00 bits per heavy atom. The van der Waals surface area contributed by atoms with Gasteiger partial charge in [-0.2, -0.15) is 0 Å². The minimum Gasteiger partial charge on any atom is -0.368 e. The van der Waals surface area contributed by atoms with Gasteiger partial charge in [0.15, 0.2) is 0 Å². The first-order valence-electron chi connectivity index (χ1n) is 12.8. The predicted molar refractivity (Wildman–Crippen MR) is 138 cm³/mol. The molecule has 2 fully saturated rings. The Morgan fingerprint density at radius 3 is 2.56 bits per heavy atom. The molecule has 34 heavy (non-hydrogen) atoms. The van der Waals surface area contributed by atoms with Crippen LogP contribution in [-0.2, 0) is 17.9 Å². The number of benzene rings is 2. The van der Waals surface area contributed by atoms with Gasteiger partial charge in [0.1, 0.15) is 5.82 Å². The molecule has 0 spiro atoms. The molecule has 0 saturated carbocycles. The first kappa shape index (κ1) is 22.9. The molecule has 2 saturated heterocycles. The highest BCUT2D eigenvalue weighted by atomic mass is 16.2. The van der Waals surface area contributed by atoms with Crippen LogP contribution in [0.15, 0.2) is 42.5 Å². The van der Waals surface area contributed by atoms with Gasteiger partial charge in [-0.1, -0.05) is 18.2 Å². The third kappa shape index (κ3) is 4.56. The summed E-state index contributed by atoms with van der Waals surface area (Å²) in [6, 6.07) is 15.0. The Kier molecular flexibility index (Phi) is 6.59. The van der Waals surface area contributed by atoms with Crippen molar-refractivity contribution in [2.45, 2.75) is 46.7 Å². The van der Waals surface area contributed by atoms with E-state index < -0.39 is 0 Å². The predicted octanol–water partition coefficient (Wildman–Crippen LogP) is 4.23. The number of carbonyl (C=O) groups excluding carboxylic acids is 1. The number of piperazine rings is 1. The number of anilines is 1. The van der Waals surface area contributed by atoms with Crippen LogP contribution in [0.5, 0.6) is 0 Å². The van der Waals surface area contributed by atoms with Crippen molar-refractivity contribution in [3.8, 4) is 0 Å². The van der Waals surface area contributed by atoms with Crippen molar-refractivity contribution in [2.24, 2.45) is 5.92 Å². The number of piperidine rings is 1. The molecular formula is C28H37N5O. The molecule has 0 unspecified atom stereocenters. The van der Waals surface area contributed by atoms with E-state index in [0.717, 1.165) is 76.5 Å². The van der Waals surface area contributed by atoms with Crippen molar-refractivity contribution in [2.75, 3.05) is 44.2 Å². The van der Waals surface area contributed by atoms with Crippen molar-refractivity contribution in [3.05, 3.63) is 59.4 Å². The van der Waals surface area contributed by atoms with E-state index in [1.807, 2.05) is 0 Å². The van der Waals surface area contributed by atoms with Crippen LogP contribution in [0.1, 0.15) is 36.7 Å². The molecule has 1 aromatic heterocycles. The molecule has 180 valence electrons.